The summed E-state index contributed by atoms with van der Waals surface area (Å²) in [6.07, 6.45) is 1.29. The lowest BCUT2D eigenvalue weighted by Crippen LogP contribution is -2.30. The van der Waals surface area contributed by atoms with Gasteiger partial charge in [-0.3, -0.25) is 4.79 Å². The third-order valence-electron chi connectivity index (χ3n) is 4.10. The molecule has 0 aliphatic carbocycles. The third-order valence-corrected chi connectivity index (χ3v) is 7.64. The molecule has 0 radical (unpaired) electrons. The average Bonchev–Trinajstić information content (AvgIpc) is 2.69. The smallest absolute Gasteiger partial charge is 0.260 e. The Kier molecular flexibility index (Phi) is 7.34. The second-order valence-corrected chi connectivity index (χ2v) is 9.80. The van der Waals surface area contributed by atoms with Gasteiger partial charge >= 0.3 is 0 Å². The number of carbonyl (C=O) groups is 1. The minimum atomic E-state index is -0.0320. The van der Waals surface area contributed by atoms with E-state index in [2.05, 4.69) is 28.1 Å². The summed E-state index contributed by atoms with van der Waals surface area (Å²) < 4.78 is 7.23. The number of rotatable bonds is 6. The van der Waals surface area contributed by atoms with E-state index in [0.717, 1.165) is 15.8 Å². The Bertz CT molecular complexity index is 716. The minimum absolute atomic E-state index is 0.0320. The van der Waals surface area contributed by atoms with Crippen molar-refractivity contribution >= 4 is 45.4 Å². The van der Waals surface area contributed by atoms with Gasteiger partial charge in [0.05, 0.1) is 4.58 Å². The predicted molar refractivity (Wildman–Crippen MR) is 115 cm³/mol. The maximum atomic E-state index is 12.3. The molecule has 0 spiro atoms. The molecular formula is C20H22BrNO2S2. The number of nitrogens with zero attached hydrogens (tertiary/aromatic N) is 1. The van der Waals surface area contributed by atoms with Crippen LogP contribution in [0, 0.1) is 0 Å². The standard InChI is InChI=1S/C20H22BrNO2S2/c1-22(13-15-3-7-17(21)8-4-15)19(23)14-24-18-9-5-16(6-10-18)20-25-11-2-12-26-20/h3-10,20H,2,11-14H2,1H3. The number of benzene rings is 2. The molecular weight excluding hydrogens is 430 g/mol. The van der Waals surface area contributed by atoms with Crippen molar-refractivity contribution in [1.82, 2.24) is 4.90 Å². The van der Waals surface area contributed by atoms with Gasteiger partial charge in [-0.15, -0.1) is 23.5 Å². The van der Waals surface area contributed by atoms with Gasteiger partial charge in [0, 0.05) is 18.1 Å². The summed E-state index contributed by atoms with van der Waals surface area (Å²) in [5.74, 6) is 3.17. The van der Waals surface area contributed by atoms with Crippen molar-refractivity contribution in [2.45, 2.75) is 17.5 Å². The normalized spacial score (nSPS) is 14.8. The number of hydrogen-bond donors (Lipinski definition) is 0. The highest BCUT2D eigenvalue weighted by Gasteiger charge is 2.16. The summed E-state index contributed by atoms with van der Waals surface area (Å²) in [4.78, 5) is 14.0. The van der Waals surface area contributed by atoms with Gasteiger partial charge in [0.25, 0.3) is 5.91 Å². The van der Waals surface area contributed by atoms with Crippen molar-refractivity contribution in [3.8, 4) is 5.75 Å². The molecule has 0 saturated carbocycles. The van der Waals surface area contributed by atoms with E-state index in [0.29, 0.717) is 11.1 Å². The Morgan fingerprint density at radius 3 is 2.42 bits per heavy atom. The molecule has 2 aromatic rings. The molecule has 1 heterocycles. The lowest BCUT2D eigenvalue weighted by molar-refractivity contribution is -0.132. The maximum absolute atomic E-state index is 12.3. The second-order valence-electron chi connectivity index (χ2n) is 6.16. The lowest BCUT2D eigenvalue weighted by atomic mass is 10.2. The fourth-order valence-electron chi connectivity index (χ4n) is 2.61. The third kappa shape index (κ3) is 5.69. The van der Waals surface area contributed by atoms with Gasteiger partial charge < -0.3 is 9.64 Å². The van der Waals surface area contributed by atoms with Crippen molar-refractivity contribution in [2.75, 3.05) is 25.2 Å². The highest BCUT2D eigenvalue weighted by molar-refractivity contribution is 9.10. The molecule has 138 valence electrons. The topological polar surface area (TPSA) is 29.5 Å². The van der Waals surface area contributed by atoms with E-state index in [9.17, 15) is 4.79 Å². The summed E-state index contributed by atoms with van der Waals surface area (Å²) in [6, 6.07) is 16.1. The lowest BCUT2D eigenvalue weighted by Gasteiger charge is -2.21. The zero-order chi connectivity index (χ0) is 18.4. The van der Waals surface area contributed by atoms with Crippen molar-refractivity contribution in [2.24, 2.45) is 0 Å². The molecule has 1 fully saturated rings. The number of ether oxygens (including phenoxy) is 1. The number of thioether (sulfide) groups is 2. The number of hydrogen-bond acceptors (Lipinski definition) is 4. The molecule has 0 atom stereocenters. The molecule has 0 N–H and O–H groups in total. The summed E-state index contributed by atoms with van der Waals surface area (Å²) in [7, 11) is 1.80. The van der Waals surface area contributed by atoms with Gasteiger partial charge in [-0.25, -0.2) is 0 Å². The quantitative estimate of drug-likeness (QED) is 0.591. The number of carbonyl (C=O) groups excluding carboxylic acids is 1. The van der Waals surface area contributed by atoms with E-state index in [1.54, 1.807) is 11.9 Å². The van der Waals surface area contributed by atoms with Crippen molar-refractivity contribution in [3.05, 3.63) is 64.1 Å². The zero-order valence-electron chi connectivity index (χ0n) is 14.7. The van der Waals surface area contributed by atoms with E-state index < -0.39 is 0 Å². The average molecular weight is 452 g/mol. The molecule has 3 nitrogen and oxygen atoms in total. The van der Waals surface area contributed by atoms with Crippen LogP contribution in [0.5, 0.6) is 5.75 Å². The van der Waals surface area contributed by atoms with E-state index in [1.165, 1.54) is 23.5 Å². The highest BCUT2D eigenvalue weighted by Crippen LogP contribution is 2.43. The first-order valence-corrected chi connectivity index (χ1v) is 11.5. The van der Waals surface area contributed by atoms with Crippen molar-refractivity contribution < 1.29 is 9.53 Å². The van der Waals surface area contributed by atoms with Crippen LogP contribution in [-0.2, 0) is 11.3 Å². The molecule has 3 rings (SSSR count). The molecule has 0 aromatic heterocycles. The molecule has 6 heteroatoms. The Morgan fingerprint density at radius 1 is 1.12 bits per heavy atom. The Hall–Kier alpha value is -1.11. The largest absolute Gasteiger partial charge is 0.484 e. The van der Waals surface area contributed by atoms with Gasteiger partial charge in [-0.05, 0) is 53.3 Å². The molecule has 0 bridgehead atoms. The van der Waals surface area contributed by atoms with Crippen molar-refractivity contribution in [1.29, 1.82) is 0 Å². The number of likely N-dealkylation sites (N-methyl/N-ethyl adjacent to an activating group) is 1. The van der Waals surface area contributed by atoms with Crippen LogP contribution in [-0.4, -0.2) is 36.0 Å². The van der Waals surface area contributed by atoms with Crippen molar-refractivity contribution in [3.63, 3.8) is 0 Å². The summed E-state index contributed by atoms with van der Waals surface area (Å²) in [6.45, 7) is 0.629. The van der Waals surface area contributed by atoms with Gasteiger partial charge in [-0.2, -0.15) is 0 Å². The Morgan fingerprint density at radius 2 is 1.77 bits per heavy atom. The fraction of sp³-hybridized carbons (Fsp3) is 0.350. The van der Waals surface area contributed by atoms with E-state index in [-0.39, 0.29) is 12.5 Å². The second kappa shape index (κ2) is 9.72. The van der Waals surface area contributed by atoms with Crippen LogP contribution in [0.1, 0.15) is 22.1 Å². The first-order valence-electron chi connectivity index (χ1n) is 8.56. The molecule has 1 aliphatic heterocycles. The van der Waals surface area contributed by atoms with Crippen LogP contribution >= 0.6 is 39.5 Å². The monoisotopic (exact) mass is 451 g/mol. The summed E-state index contributed by atoms with van der Waals surface area (Å²) in [5, 5.41) is 0. The van der Waals surface area contributed by atoms with E-state index in [4.69, 9.17) is 4.74 Å². The fourth-order valence-corrected chi connectivity index (χ4v) is 5.77. The highest BCUT2D eigenvalue weighted by atomic mass is 79.9. The van der Waals surface area contributed by atoms with Crippen LogP contribution in [0.3, 0.4) is 0 Å². The number of amides is 1. The molecule has 0 unspecified atom stereocenters. The van der Waals surface area contributed by atoms with Crippen LogP contribution < -0.4 is 4.74 Å². The number of halogens is 1. The van der Waals surface area contributed by atoms with Gasteiger partial charge in [-0.1, -0.05) is 40.2 Å². The van der Waals surface area contributed by atoms with Gasteiger partial charge in [0.15, 0.2) is 6.61 Å². The Balaban J connectivity index is 1.48. The van der Waals surface area contributed by atoms with E-state index >= 15 is 0 Å². The van der Waals surface area contributed by atoms with Crippen LogP contribution in [0.2, 0.25) is 0 Å². The predicted octanol–water partition coefficient (Wildman–Crippen LogP) is 5.36. The van der Waals surface area contributed by atoms with Gasteiger partial charge in [0.1, 0.15) is 5.75 Å². The zero-order valence-corrected chi connectivity index (χ0v) is 17.9. The van der Waals surface area contributed by atoms with Crippen LogP contribution in [0.25, 0.3) is 0 Å². The van der Waals surface area contributed by atoms with Gasteiger partial charge in [0.2, 0.25) is 0 Å². The molecule has 1 aliphatic rings. The van der Waals surface area contributed by atoms with Crippen LogP contribution in [0.15, 0.2) is 53.0 Å². The minimum Gasteiger partial charge on any atom is -0.484 e. The molecule has 2 aromatic carbocycles. The summed E-state index contributed by atoms with van der Waals surface area (Å²) >= 11 is 7.43. The Labute approximate surface area is 172 Å². The molecule has 1 saturated heterocycles. The first kappa shape index (κ1) is 19.6. The maximum Gasteiger partial charge on any atom is 0.260 e. The van der Waals surface area contributed by atoms with Crippen LogP contribution in [0.4, 0.5) is 0 Å². The summed E-state index contributed by atoms with van der Waals surface area (Å²) in [5.41, 5.74) is 2.42. The van der Waals surface area contributed by atoms with E-state index in [1.807, 2.05) is 59.9 Å². The molecule has 1 amide bonds. The first-order chi connectivity index (χ1) is 12.6. The SMILES string of the molecule is CN(Cc1ccc(Br)cc1)C(=O)COc1ccc(C2SCCCS2)cc1. The molecule has 26 heavy (non-hydrogen) atoms.